The van der Waals surface area contributed by atoms with Crippen LogP contribution in [0.5, 0.6) is 0 Å². The molecule has 71 heavy (non-hydrogen) atoms. The minimum absolute atomic E-state index is 0.0559. The molecule has 0 radical (unpaired) electrons. The Balaban J connectivity index is 4.12. The van der Waals surface area contributed by atoms with Gasteiger partial charge >= 0.3 is 7.82 Å². The van der Waals surface area contributed by atoms with Gasteiger partial charge in [0.05, 0.1) is 39.9 Å². The summed E-state index contributed by atoms with van der Waals surface area (Å²) in [7, 11) is 1.56. The number of amides is 1. The third-order valence-corrected chi connectivity index (χ3v) is 15.1. The zero-order valence-corrected chi connectivity index (χ0v) is 48.9. The summed E-state index contributed by atoms with van der Waals surface area (Å²) >= 11 is 0. The smallest absolute Gasteiger partial charge is 0.387 e. The van der Waals surface area contributed by atoms with E-state index in [4.69, 9.17) is 9.05 Å². The van der Waals surface area contributed by atoms with Crippen LogP contribution in [0.3, 0.4) is 0 Å². The van der Waals surface area contributed by atoms with E-state index in [-0.39, 0.29) is 19.1 Å². The van der Waals surface area contributed by atoms with Gasteiger partial charge < -0.3 is 19.8 Å². The summed E-state index contributed by atoms with van der Waals surface area (Å²) in [6, 6.07) is -0.866. The summed E-state index contributed by atoms with van der Waals surface area (Å²) in [4.78, 5) is 23.3. The molecule has 3 unspecified atom stereocenters. The van der Waals surface area contributed by atoms with E-state index in [0.717, 1.165) is 38.5 Å². The highest BCUT2D eigenvalue weighted by atomic mass is 31.2. The van der Waals surface area contributed by atoms with E-state index >= 15 is 0 Å². The first kappa shape index (κ1) is 69.7. The van der Waals surface area contributed by atoms with Crippen molar-refractivity contribution in [1.82, 2.24) is 5.32 Å². The summed E-state index contributed by atoms with van der Waals surface area (Å²) in [5.74, 6) is -0.188. The molecule has 420 valence electrons. The largest absolute Gasteiger partial charge is 0.472 e. The number of aliphatic hydroxyl groups is 1. The van der Waals surface area contributed by atoms with Crippen molar-refractivity contribution in [3.05, 3.63) is 36.5 Å². The lowest BCUT2D eigenvalue weighted by Crippen LogP contribution is -2.45. The molecule has 8 nitrogen and oxygen atoms in total. The predicted molar refractivity (Wildman–Crippen MR) is 309 cm³/mol. The molecule has 1 amide bonds. The molecule has 0 aliphatic rings. The Morgan fingerprint density at radius 3 is 1.13 bits per heavy atom. The summed E-state index contributed by atoms with van der Waals surface area (Å²) in [5.41, 5.74) is 0. The number of aliphatic hydroxyl groups excluding tert-OH is 1. The molecule has 0 rings (SSSR count). The number of rotatable bonds is 57. The zero-order chi connectivity index (χ0) is 52.0. The minimum Gasteiger partial charge on any atom is -0.387 e. The van der Waals surface area contributed by atoms with E-state index in [2.05, 4.69) is 43.5 Å². The first-order valence-corrected chi connectivity index (χ1v) is 32.4. The van der Waals surface area contributed by atoms with E-state index in [0.29, 0.717) is 17.4 Å². The third kappa shape index (κ3) is 56.3. The maximum atomic E-state index is 13.0. The van der Waals surface area contributed by atoms with E-state index in [1.54, 1.807) is 6.08 Å². The lowest BCUT2D eigenvalue weighted by Gasteiger charge is -2.25. The van der Waals surface area contributed by atoms with E-state index in [9.17, 15) is 19.4 Å². The van der Waals surface area contributed by atoms with Crippen molar-refractivity contribution in [1.29, 1.82) is 0 Å². The van der Waals surface area contributed by atoms with E-state index in [1.807, 2.05) is 27.2 Å². The quantitative estimate of drug-likeness (QED) is 0.0243. The van der Waals surface area contributed by atoms with Gasteiger partial charge in [0.15, 0.2) is 0 Å². The van der Waals surface area contributed by atoms with Gasteiger partial charge in [-0.1, -0.05) is 275 Å². The van der Waals surface area contributed by atoms with Crippen molar-refractivity contribution in [3.8, 4) is 0 Å². The summed E-state index contributed by atoms with van der Waals surface area (Å²) in [6.45, 7) is 4.82. The zero-order valence-electron chi connectivity index (χ0n) is 48.0. The lowest BCUT2D eigenvalue weighted by molar-refractivity contribution is -0.870. The Labute approximate surface area is 442 Å². The van der Waals surface area contributed by atoms with E-state index < -0.39 is 20.0 Å². The SMILES string of the molecule is CCCCCCCC/C=C\CCCCCCCCCC(=O)NC(COP(=O)(O)OCC[N+](C)(C)C)C(O)/C=C/CC/C=C/CCCCCCCCCCCCCCCCCCCCCCCCCCCC. The van der Waals surface area contributed by atoms with Gasteiger partial charge in [-0.15, -0.1) is 0 Å². The molecule has 9 heteroatoms. The molecular formula is C62H122N2O6P+. The van der Waals surface area contributed by atoms with Gasteiger partial charge in [0, 0.05) is 6.42 Å². The van der Waals surface area contributed by atoms with Crippen molar-refractivity contribution in [3.63, 3.8) is 0 Å². The number of unbranched alkanes of at least 4 members (excludes halogenated alkanes) is 40. The fourth-order valence-electron chi connectivity index (χ4n) is 9.23. The van der Waals surface area contributed by atoms with Gasteiger partial charge in [-0.2, -0.15) is 0 Å². The number of nitrogens with zero attached hydrogens (tertiary/aromatic N) is 1. The molecule has 0 aliphatic carbocycles. The van der Waals surface area contributed by atoms with Gasteiger partial charge in [0.1, 0.15) is 13.2 Å². The maximum Gasteiger partial charge on any atom is 0.472 e. The molecule has 0 saturated carbocycles. The van der Waals surface area contributed by atoms with Crippen LogP contribution in [0, 0.1) is 0 Å². The second-order valence-electron chi connectivity index (χ2n) is 22.4. The van der Waals surface area contributed by atoms with Crippen LogP contribution in [0.4, 0.5) is 0 Å². The van der Waals surface area contributed by atoms with Crippen molar-refractivity contribution in [2.24, 2.45) is 0 Å². The molecule has 3 N–H and O–H groups in total. The number of quaternary nitrogens is 1. The van der Waals surface area contributed by atoms with Crippen LogP contribution in [-0.2, 0) is 18.4 Å². The van der Waals surface area contributed by atoms with E-state index in [1.165, 1.54) is 244 Å². The molecule has 0 aromatic carbocycles. The fourth-order valence-corrected chi connectivity index (χ4v) is 9.97. The molecule has 0 fully saturated rings. The van der Waals surface area contributed by atoms with Gasteiger partial charge in [-0.25, -0.2) is 4.57 Å². The molecular weight excluding hydrogens is 900 g/mol. The maximum absolute atomic E-state index is 13.0. The highest BCUT2D eigenvalue weighted by Crippen LogP contribution is 2.43. The van der Waals surface area contributed by atoms with Crippen molar-refractivity contribution < 1.29 is 32.9 Å². The Kier molecular flexibility index (Phi) is 52.6. The average Bonchev–Trinajstić information content (AvgIpc) is 3.33. The minimum atomic E-state index is -4.36. The van der Waals surface area contributed by atoms with Crippen LogP contribution in [0.25, 0.3) is 0 Å². The normalized spacial score (nSPS) is 14.1. The number of hydrogen-bond donors (Lipinski definition) is 3. The van der Waals surface area contributed by atoms with Crippen LogP contribution < -0.4 is 5.32 Å². The average molecular weight is 1020 g/mol. The van der Waals surface area contributed by atoms with Gasteiger partial charge in [-0.05, 0) is 57.8 Å². The van der Waals surface area contributed by atoms with Crippen LogP contribution >= 0.6 is 7.82 Å². The van der Waals surface area contributed by atoms with Gasteiger partial charge in [0.2, 0.25) is 5.91 Å². The molecule has 0 bridgehead atoms. The van der Waals surface area contributed by atoms with Crippen LogP contribution in [0.1, 0.15) is 303 Å². The number of carbonyl (C=O) groups excluding carboxylic acids is 1. The van der Waals surface area contributed by atoms with Crippen LogP contribution in [0.15, 0.2) is 36.5 Å². The standard InChI is InChI=1S/C62H121N2O6P/c1-6-8-10-12-14-16-18-20-22-24-25-26-27-28-29-30-31-32-33-34-35-36-37-38-40-41-43-45-47-49-51-53-55-61(65)60(59-70-71(67,68)69-58-57-64(3,4)5)63-62(66)56-54-52-50-48-46-44-42-39-23-21-19-17-15-13-11-9-7-2/h21,23,45,47,53,55,60-61,65H,6-20,22,24-44,46,48-52,54,56-59H2,1-5H3,(H-,63,66,67,68)/p+1/b23-21-,47-45+,55-53+. The highest BCUT2D eigenvalue weighted by Gasteiger charge is 2.27. The molecule has 0 saturated heterocycles. The topological polar surface area (TPSA) is 105 Å². The Morgan fingerprint density at radius 1 is 0.465 bits per heavy atom. The highest BCUT2D eigenvalue weighted by molar-refractivity contribution is 7.47. The number of phosphoric acid groups is 1. The Hall–Kier alpha value is -1.28. The van der Waals surface area contributed by atoms with Crippen molar-refractivity contribution >= 4 is 13.7 Å². The van der Waals surface area contributed by atoms with Gasteiger partial charge in [0.25, 0.3) is 0 Å². The molecule has 0 aromatic heterocycles. The van der Waals surface area contributed by atoms with Crippen LogP contribution in [-0.4, -0.2) is 73.4 Å². The number of carbonyl (C=O) groups is 1. The second kappa shape index (κ2) is 53.5. The van der Waals surface area contributed by atoms with Gasteiger partial charge in [-0.3, -0.25) is 13.8 Å². The molecule has 0 aliphatic heterocycles. The number of allylic oxidation sites excluding steroid dienone is 5. The molecule has 0 aromatic rings. The Morgan fingerprint density at radius 2 is 0.775 bits per heavy atom. The second-order valence-corrected chi connectivity index (χ2v) is 23.9. The Bertz CT molecular complexity index is 1250. The first-order valence-electron chi connectivity index (χ1n) is 30.9. The number of hydrogen-bond acceptors (Lipinski definition) is 5. The number of phosphoric ester groups is 1. The summed E-state index contributed by atoms with van der Waals surface area (Å²) < 4.78 is 23.7. The predicted octanol–water partition coefficient (Wildman–Crippen LogP) is 18.9. The van der Waals surface area contributed by atoms with Crippen molar-refractivity contribution in [2.45, 2.75) is 315 Å². The summed E-state index contributed by atoms with van der Waals surface area (Å²) in [5, 5.41) is 13.9. The monoisotopic (exact) mass is 1020 g/mol. The molecule has 0 heterocycles. The van der Waals surface area contributed by atoms with Crippen molar-refractivity contribution in [2.75, 3.05) is 40.9 Å². The first-order chi connectivity index (χ1) is 34.5. The fraction of sp³-hybridized carbons (Fsp3) is 0.887. The number of nitrogens with one attached hydrogen (secondary N) is 1. The molecule has 3 atom stereocenters. The lowest BCUT2D eigenvalue weighted by atomic mass is 10.0. The molecule has 0 spiro atoms. The number of likely N-dealkylation sites (N-methyl/N-ethyl adjacent to an activating group) is 1. The summed E-state index contributed by atoms with van der Waals surface area (Å²) in [6.07, 6.45) is 69.9. The van der Waals surface area contributed by atoms with Crippen LogP contribution in [0.2, 0.25) is 0 Å². The third-order valence-electron chi connectivity index (χ3n) is 14.1.